The van der Waals surface area contributed by atoms with E-state index in [9.17, 15) is 4.79 Å². The SMILES string of the molecule is O=C(CSc1nnnn1-c1ccccc1)NC[C@H]1COc2ccccc2O1. The summed E-state index contributed by atoms with van der Waals surface area (Å²) in [6.45, 7) is 0.772. The van der Waals surface area contributed by atoms with Crippen LogP contribution < -0.4 is 14.8 Å². The Bertz CT molecular complexity index is 918. The van der Waals surface area contributed by atoms with E-state index >= 15 is 0 Å². The van der Waals surface area contributed by atoms with E-state index in [2.05, 4.69) is 20.8 Å². The third kappa shape index (κ3) is 4.20. The van der Waals surface area contributed by atoms with Crippen LogP contribution in [0.3, 0.4) is 0 Å². The zero-order chi connectivity index (χ0) is 18.5. The van der Waals surface area contributed by atoms with Gasteiger partial charge in [0.2, 0.25) is 11.1 Å². The molecule has 1 aromatic heterocycles. The molecule has 1 aliphatic heterocycles. The van der Waals surface area contributed by atoms with Crippen molar-refractivity contribution in [3.05, 3.63) is 54.6 Å². The van der Waals surface area contributed by atoms with Crippen LogP contribution in [0.4, 0.5) is 0 Å². The molecule has 2 heterocycles. The Morgan fingerprint density at radius 2 is 1.93 bits per heavy atom. The number of rotatable bonds is 6. The van der Waals surface area contributed by atoms with Crippen LogP contribution in [0, 0.1) is 0 Å². The van der Waals surface area contributed by atoms with Crippen molar-refractivity contribution < 1.29 is 14.3 Å². The van der Waals surface area contributed by atoms with Gasteiger partial charge in [-0.15, -0.1) is 5.10 Å². The van der Waals surface area contributed by atoms with Gasteiger partial charge in [0.25, 0.3) is 0 Å². The summed E-state index contributed by atoms with van der Waals surface area (Å²) in [4.78, 5) is 12.2. The summed E-state index contributed by atoms with van der Waals surface area (Å²) in [5.41, 5.74) is 0.844. The van der Waals surface area contributed by atoms with Gasteiger partial charge in [0.1, 0.15) is 12.7 Å². The van der Waals surface area contributed by atoms with Gasteiger partial charge in [0.05, 0.1) is 18.0 Å². The number of tetrazole rings is 1. The number of hydrogen-bond acceptors (Lipinski definition) is 7. The molecule has 0 spiro atoms. The lowest BCUT2D eigenvalue weighted by atomic mass is 10.2. The van der Waals surface area contributed by atoms with Crippen molar-refractivity contribution in [1.29, 1.82) is 0 Å². The number of para-hydroxylation sites is 3. The zero-order valence-corrected chi connectivity index (χ0v) is 15.1. The Balaban J connectivity index is 1.27. The summed E-state index contributed by atoms with van der Waals surface area (Å²) in [6, 6.07) is 17.0. The second kappa shape index (κ2) is 8.09. The minimum absolute atomic E-state index is 0.120. The molecule has 0 radical (unpaired) electrons. The van der Waals surface area contributed by atoms with Crippen LogP contribution in [0.5, 0.6) is 11.5 Å². The molecule has 1 N–H and O–H groups in total. The molecular weight excluding hydrogens is 366 g/mol. The topological polar surface area (TPSA) is 91.2 Å². The highest BCUT2D eigenvalue weighted by Crippen LogP contribution is 2.30. The Kier molecular flexibility index (Phi) is 5.20. The first-order valence-corrected chi connectivity index (χ1v) is 9.40. The fourth-order valence-corrected chi connectivity index (χ4v) is 3.29. The maximum Gasteiger partial charge on any atom is 0.230 e. The van der Waals surface area contributed by atoms with Crippen LogP contribution >= 0.6 is 11.8 Å². The standard InChI is InChI=1S/C18H17N5O3S/c24-17(19-10-14-11-25-15-8-4-5-9-16(15)26-14)12-27-18-20-21-22-23(18)13-6-2-1-3-7-13/h1-9,14H,10-12H2,(H,19,24)/t14-/m0/s1. The summed E-state index contributed by atoms with van der Waals surface area (Å²) < 4.78 is 13.1. The van der Waals surface area contributed by atoms with Crippen LogP contribution in [-0.2, 0) is 4.79 Å². The van der Waals surface area contributed by atoms with Crippen molar-refractivity contribution in [3.63, 3.8) is 0 Å². The monoisotopic (exact) mass is 383 g/mol. The molecule has 2 aromatic carbocycles. The molecule has 0 bridgehead atoms. The van der Waals surface area contributed by atoms with Gasteiger partial charge in [-0.2, -0.15) is 4.68 Å². The maximum absolute atomic E-state index is 12.2. The molecular formula is C18H17N5O3S. The fourth-order valence-electron chi connectivity index (χ4n) is 2.57. The molecule has 1 aliphatic rings. The summed E-state index contributed by atoms with van der Waals surface area (Å²) in [7, 11) is 0. The predicted molar refractivity (Wildman–Crippen MR) is 99.2 cm³/mol. The highest BCUT2D eigenvalue weighted by Gasteiger charge is 2.21. The fraction of sp³-hybridized carbons (Fsp3) is 0.222. The van der Waals surface area contributed by atoms with Crippen molar-refractivity contribution >= 4 is 17.7 Å². The van der Waals surface area contributed by atoms with E-state index in [0.29, 0.717) is 24.1 Å². The van der Waals surface area contributed by atoms with Gasteiger partial charge in [-0.3, -0.25) is 4.79 Å². The second-order valence-corrected chi connectivity index (χ2v) is 6.74. The number of carbonyl (C=O) groups excluding carboxylic acids is 1. The van der Waals surface area contributed by atoms with Crippen molar-refractivity contribution in [2.75, 3.05) is 18.9 Å². The lowest BCUT2D eigenvalue weighted by molar-refractivity contribution is -0.119. The van der Waals surface area contributed by atoms with Crippen LogP contribution in [0.15, 0.2) is 59.8 Å². The first-order chi connectivity index (χ1) is 13.3. The molecule has 0 aliphatic carbocycles. The molecule has 1 atom stereocenters. The third-order valence-corrected chi connectivity index (χ3v) is 4.79. The van der Waals surface area contributed by atoms with Gasteiger partial charge >= 0.3 is 0 Å². The van der Waals surface area contributed by atoms with Crippen LogP contribution in [0.1, 0.15) is 0 Å². The minimum Gasteiger partial charge on any atom is -0.486 e. The number of aromatic nitrogens is 4. The van der Waals surface area contributed by atoms with E-state index in [1.165, 1.54) is 11.8 Å². The average molecular weight is 383 g/mol. The van der Waals surface area contributed by atoms with E-state index in [0.717, 1.165) is 11.4 Å². The highest BCUT2D eigenvalue weighted by molar-refractivity contribution is 7.99. The third-order valence-electron chi connectivity index (χ3n) is 3.87. The number of amides is 1. The lowest BCUT2D eigenvalue weighted by Crippen LogP contribution is -2.41. The molecule has 0 saturated heterocycles. The quantitative estimate of drug-likeness (QED) is 0.648. The van der Waals surface area contributed by atoms with Crippen molar-refractivity contribution in [1.82, 2.24) is 25.5 Å². The van der Waals surface area contributed by atoms with E-state index in [1.54, 1.807) is 4.68 Å². The molecule has 8 nitrogen and oxygen atoms in total. The average Bonchev–Trinajstić information content (AvgIpc) is 3.20. The smallest absolute Gasteiger partial charge is 0.230 e. The van der Waals surface area contributed by atoms with Crippen LogP contribution in [0.2, 0.25) is 0 Å². The Hall–Kier alpha value is -3.07. The number of carbonyl (C=O) groups is 1. The van der Waals surface area contributed by atoms with Crippen molar-refractivity contribution in [2.45, 2.75) is 11.3 Å². The largest absolute Gasteiger partial charge is 0.486 e. The summed E-state index contributed by atoms with van der Waals surface area (Å²) in [6.07, 6.45) is -0.219. The molecule has 9 heteroatoms. The molecule has 27 heavy (non-hydrogen) atoms. The molecule has 1 amide bonds. The minimum atomic E-state index is -0.219. The number of thioether (sulfide) groups is 1. The Morgan fingerprint density at radius 3 is 2.78 bits per heavy atom. The van der Waals surface area contributed by atoms with Crippen LogP contribution in [-0.4, -0.2) is 51.1 Å². The van der Waals surface area contributed by atoms with Gasteiger partial charge < -0.3 is 14.8 Å². The number of ether oxygens (including phenoxy) is 2. The van der Waals surface area contributed by atoms with Gasteiger partial charge in [-0.1, -0.05) is 42.1 Å². The molecule has 0 unspecified atom stereocenters. The number of nitrogens with one attached hydrogen (secondary N) is 1. The first-order valence-electron chi connectivity index (χ1n) is 8.41. The van der Waals surface area contributed by atoms with Crippen LogP contribution in [0.25, 0.3) is 5.69 Å². The number of nitrogens with zero attached hydrogens (tertiary/aromatic N) is 4. The number of hydrogen-bond donors (Lipinski definition) is 1. The van der Waals surface area contributed by atoms with Gasteiger partial charge in [-0.25, -0.2) is 0 Å². The number of fused-ring (bicyclic) bond motifs is 1. The van der Waals surface area contributed by atoms with E-state index in [1.807, 2.05) is 54.6 Å². The predicted octanol–water partition coefficient (Wildman–Crippen LogP) is 1.71. The Labute approximate surface area is 159 Å². The molecule has 0 fully saturated rings. The molecule has 3 aromatic rings. The summed E-state index contributed by atoms with van der Waals surface area (Å²) in [5, 5.41) is 15.1. The first kappa shape index (κ1) is 17.3. The Morgan fingerprint density at radius 1 is 1.15 bits per heavy atom. The summed E-state index contributed by atoms with van der Waals surface area (Å²) in [5.74, 6) is 1.50. The highest BCUT2D eigenvalue weighted by atomic mass is 32.2. The van der Waals surface area contributed by atoms with Gasteiger partial charge in [0.15, 0.2) is 11.5 Å². The molecule has 138 valence electrons. The van der Waals surface area contributed by atoms with Gasteiger partial charge in [-0.05, 0) is 34.7 Å². The van der Waals surface area contributed by atoms with Gasteiger partial charge in [0, 0.05) is 0 Å². The second-order valence-electron chi connectivity index (χ2n) is 5.80. The van der Waals surface area contributed by atoms with E-state index in [-0.39, 0.29) is 17.8 Å². The van der Waals surface area contributed by atoms with Crippen molar-refractivity contribution in [2.24, 2.45) is 0 Å². The maximum atomic E-state index is 12.2. The van der Waals surface area contributed by atoms with E-state index in [4.69, 9.17) is 9.47 Å². The van der Waals surface area contributed by atoms with Crippen molar-refractivity contribution in [3.8, 4) is 17.2 Å². The summed E-state index contributed by atoms with van der Waals surface area (Å²) >= 11 is 1.27. The zero-order valence-electron chi connectivity index (χ0n) is 14.3. The normalized spacial score (nSPS) is 15.3. The molecule has 0 saturated carbocycles. The molecule has 4 rings (SSSR count). The van der Waals surface area contributed by atoms with E-state index < -0.39 is 0 Å². The lowest BCUT2D eigenvalue weighted by Gasteiger charge is -2.26. The number of benzene rings is 2.